The highest BCUT2D eigenvalue weighted by Gasteiger charge is 2.45. The lowest BCUT2D eigenvalue weighted by atomic mass is 9.69. The molecule has 1 saturated carbocycles. The normalized spacial score (nSPS) is 30.5. The maximum Gasteiger partial charge on any atom is 0.240 e. The minimum atomic E-state index is -0.731. The highest BCUT2D eigenvalue weighted by molar-refractivity contribution is 5.90. The first-order valence-corrected chi connectivity index (χ1v) is 7.04. The number of hydrogen-bond acceptors (Lipinski definition) is 4. The molecule has 2 fully saturated rings. The summed E-state index contributed by atoms with van der Waals surface area (Å²) >= 11 is 0. The quantitative estimate of drug-likeness (QED) is 0.585. The molecular weight excluding hydrogens is 260 g/mol. The molecule has 0 bridgehead atoms. The standard InChI is InChI=1S/C13H22N4O3/c1-16-12(19)8-5-4-7(8)10(14)13(20)17-6-2-3-9(17)11(15)18/h7-10H,2-6,14H2,1H3,(H2,15,18)(H,16,19). The van der Waals surface area contributed by atoms with E-state index < -0.39 is 18.0 Å². The van der Waals surface area contributed by atoms with Gasteiger partial charge in [0.05, 0.1) is 6.04 Å². The summed E-state index contributed by atoms with van der Waals surface area (Å²) in [6.07, 6.45) is 2.87. The van der Waals surface area contributed by atoms with Crippen LogP contribution in [0.15, 0.2) is 0 Å². The number of nitrogens with one attached hydrogen (secondary N) is 1. The Bertz CT molecular complexity index is 426. The number of carbonyl (C=O) groups excluding carboxylic acids is 3. The molecule has 0 aromatic carbocycles. The van der Waals surface area contributed by atoms with E-state index in [1.807, 2.05) is 0 Å². The summed E-state index contributed by atoms with van der Waals surface area (Å²) in [7, 11) is 1.58. The fourth-order valence-corrected chi connectivity index (χ4v) is 3.17. The number of carbonyl (C=O) groups is 3. The van der Waals surface area contributed by atoms with Crippen molar-refractivity contribution in [2.75, 3.05) is 13.6 Å². The molecule has 0 aromatic heterocycles. The van der Waals surface area contributed by atoms with Gasteiger partial charge in [0.15, 0.2) is 0 Å². The summed E-state index contributed by atoms with van der Waals surface area (Å²) in [5.41, 5.74) is 11.3. The van der Waals surface area contributed by atoms with Gasteiger partial charge in [0.25, 0.3) is 0 Å². The van der Waals surface area contributed by atoms with Gasteiger partial charge in [-0.3, -0.25) is 14.4 Å². The number of nitrogens with zero attached hydrogens (tertiary/aromatic N) is 1. The number of nitrogens with two attached hydrogens (primary N) is 2. The molecule has 1 heterocycles. The summed E-state index contributed by atoms with van der Waals surface area (Å²) in [6, 6.07) is -1.28. The summed E-state index contributed by atoms with van der Waals surface area (Å²) in [5.74, 6) is -1.16. The molecular formula is C13H22N4O3. The minimum Gasteiger partial charge on any atom is -0.368 e. The van der Waals surface area contributed by atoms with E-state index in [9.17, 15) is 14.4 Å². The molecule has 3 amide bonds. The maximum atomic E-state index is 12.4. The third-order valence-corrected chi connectivity index (χ3v) is 4.52. The number of amides is 3. The molecule has 0 spiro atoms. The lowest BCUT2D eigenvalue weighted by Gasteiger charge is -2.40. The first-order valence-electron chi connectivity index (χ1n) is 7.04. The zero-order valence-corrected chi connectivity index (χ0v) is 11.7. The van der Waals surface area contributed by atoms with Gasteiger partial charge in [-0.05, 0) is 31.6 Å². The second-order valence-corrected chi connectivity index (χ2v) is 5.58. The van der Waals surface area contributed by atoms with Gasteiger partial charge in [-0.15, -0.1) is 0 Å². The summed E-state index contributed by atoms with van der Waals surface area (Å²) in [4.78, 5) is 36.9. The second kappa shape index (κ2) is 5.78. The average molecular weight is 282 g/mol. The predicted octanol–water partition coefficient (Wildman–Crippen LogP) is -1.44. The number of likely N-dealkylation sites (tertiary alicyclic amines) is 1. The van der Waals surface area contributed by atoms with E-state index in [4.69, 9.17) is 11.5 Å². The molecule has 5 N–H and O–H groups in total. The number of hydrogen-bond donors (Lipinski definition) is 3. The van der Waals surface area contributed by atoms with Crippen molar-refractivity contribution in [2.24, 2.45) is 23.3 Å². The van der Waals surface area contributed by atoms with Gasteiger partial charge in [0.1, 0.15) is 6.04 Å². The van der Waals surface area contributed by atoms with Crippen molar-refractivity contribution >= 4 is 17.7 Å². The number of primary amides is 1. The Morgan fingerprint density at radius 3 is 2.45 bits per heavy atom. The van der Waals surface area contributed by atoms with Crippen molar-refractivity contribution in [3.05, 3.63) is 0 Å². The Morgan fingerprint density at radius 2 is 1.95 bits per heavy atom. The Labute approximate surface area is 118 Å². The Kier molecular flexibility index (Phi) is 4.27. The van der Waals surface area contributed by atoms with Crippen LogP contribution in [0, 0.1) is 11.8 Å². The van der Waals surface area contributed by atoms with Gasteiger partial charge in [0, 0.05) is 19.5 Å². The smallest absolute Gasteiger partial charge is 0.240 e. The molecule has 2 rings (SSSR count). The SMILES string of the molecule is CNC(=O)C1CCC1C(N)C(=O)N1CCCC1C(N)=O. The van der Waals surface area contributed by atoms with E-state index in [0.29, 0.717) is 13.0 Å². The topological polar surface area (TPSA) is 119 Å². The van der Waals surface area contributed by atoms with Crippen LogP contribution >= 0.6 is 0 Å². The average Bonchev–Trinajstić information content (AvgIpc) is 2.85. The van der Waals surface area contributed by atoms with E-state index in [1.54, 1.807) is 7.05 Å². The third kappa shape index (κ3) is 2.49. The van der Waals surface area contributed by atoms with Crippen LogP contribution in [-0.2, 0) is 14.4 Å². The monoisotopic (exact) mass is 282 g/mol. The molecule has 7 nitrogen and oxygen atoms in total. The predicted molar refractivity (Wildman–Crippen MR) is 72.2 cm³/mol. The van der Waals surface area contributed by atoms with Crippen LogP contribution in [0.4, 0.5) is 0 Å². The van der Waals surface area contributed by atoms with E-state index in [2.05, 4.69) is 5.32 Å². The van der Waals surface area contributed by atoms with Crippen LogP contribution in [-0.4, -0.2) is 48.3 Å². The molecule has 4 unspecified atom stereocenters. The van der Waals surface area contributed by atoms with Crippen molar-refractivity contribution in [2.45, 2.75) is 37.8 Å². The van der Waals surface area contributed by atoms with Gasteiger partial charge in [-0.1, -0.05) is 0 Å². The molecule has 0 aromatic rings. The molecule has 2 aliphatic rings. The van der Waals surface area contributed by atoms with Crippen LogP contribution in [0.3, 0.4) is 0 Å². The molecule has 4 atom stereocenters. The molecule has 1 saturated heterocycles. The van der Waals surface area contributed by atoms with E-state index in [0.717, 1.165) is 19.3 Å². The van der Waals surface area contributed by atoms with Crippen molar-refractivity contribution in [1.29, 1.82) is 0 Å². The first kappa shape index (κ1) is 14.8. The number of rotatable bonds is 4. The highest BCUT2D eigenvalue weighted by Crippen LogP contribution is 2.37. The molecule has 1 aliphatic heterocycles. The Balaban J connectivity index is 2.02. The van der Waals surface area contributed by atoms with E-state index in [-0.39, 0.29) is 23.7 Å². The lowest BCUT2D eigenvalue weighted by Crippen LogP contribution is -2.57. The van der Waals surface area contributed by atoms with Crippen LogP contribution in [0.1, 0.15) is 25.7 Å². The highest BCUT2D eigenvalue weighted by atomic mass is 16.2. The van der Waals surface area contributed by atoms with Crippen molar-refractivity contribution in [1.82, 2.24) is 10.2 Å². The first-order chi connectivity index (χ1) is 9.47. The van der Waals surface area contributed by atoms with Gasteiger partial charge >= 0.3 is 0 Å². The van der Waals surface area contributed by atoms with Crippen molar-refractivity contribution in [3.63, 3.8) is 0 Å². The summed E-state index contributed by atoms with van der Waals surface area (Å²) < 4.78 is 0. The summed E-state index contributed by atoms with van der Waals surface area (Å²) in [5, 5.41) is 2.59. The fraction of sp³-hybridized carbons (Fsp3) is 0.769. The van der Waals surface area contributed by atoms with Crippen LogP contribution in [0.5, 0.6) is 0 Å². The third-order valence-electron chi connectivity index (χ3n) is 4.52. The Morgan fingerprint density at radius 1 is 1.25 bits per heavy atom. The van der Waals surface area contributed by atoms with Gasteiger partial charge in [-0.25, -0.2) is 0 Å². The maximum absolute atomic E-state index is 12.4. The van der Waals surface area contributed by atoms with E-state index in [1.165, 1.54) is 4.90 Å². The van der Waals surface area contributed by atoms with Crippen LogP contribution < -0.4 is 16.8 Å². The van der Waals surface area contributed by atoms with Crippen LogP contribution in [0.2, 0.25) is 0 Å². The zero-order chi connectivity index (χ0) is 14.9. The van der Waals surface area contributed by atoms with Crippen molar-refractivity contribution < 1.29 is 14.4 Å². The summed E-state index contributed by atoms with van der Waals surface area (Å²) in [6.45, 7) is 0.511. The van der Waals surface area contributed by atoms with Gasteiger partial charge < -0.3 is 21.7 Å². The zero-order valence-electron chi connectivity index (χ0n) is 11.7. The minimum absolute atomic E-state index is 0.0719. The van der Waals surface area contributed by atoms with Gasteiger partial charge in [-0.2, -0.15) is 0 Å². The molecule has 0 radical (unpaired) electrons. The largest absolute Gasteiger partial charge is 0.368 e. The second-order valence-electron chi connectivity index (χ2n) is 5.58. The molecule has 20 heavy (non-hydrogen) atoms. The lowest BCUT2D eigenvalue weighted by molar-refractivity contribution is -0.142. The molecule has 1 aliphatic carbocycles. The van der Waals surface area contributed by atoms with Gasteiger partial charge in [0.2, 0.25) is 17.7 Å². The fourth-order valence-electron chi connectivity index (χ4n) is 3.17. The molecule has 7 heteroatoms. The Hall–Kier alpha value is -1.63. The van der Waals surface area contributed by atoms with Crippen molar-refractivity contribution in [3.8, 4) is 0 Å². The molecule has 112 valence electrons. The van der Waals surface area contributed by atoms with E-state index >= 15 is 0 Å². The van der Waals surface area contributed by atoms with Crippen LogP contribution in [0.25, 0.3) is 0 Å².